The van der Waals surface area contributed by atoms with Crippen LogP contribution in [0.3, 0.4) is 0 Å². The minimum absolute atomic E-state index is 0.707. The molecule has 0 fully saturated rings. The van der Waals surface area contributed by atoms with Gasteiger partial charge in [0.05, 0.1) is 7.11 Å². The van der Waals surface area contributed by atoms with Crippen molar-refractivity contribution < 1.29 is 4.74 Å². The van der Waals surface area contributed by atoms with Gasteiger partial charge in [-0.15, -0.1) is 11.6 Å². The Morgan fingerprint density at radius 2 is 1.81 bits per heavy atom. The number of halogens is 1. The molecule has 0 aliphatic heterocycles. The van der Waals surface area contributed by atoms with Gasteiger partial charge in [-0.05, 0) is 43.5 Å². The van der Waals surface area contributed by atoms with Crippen molar-refractivity contribution in [1.29, 1.82) is 0 Å². The molecule has 0 saturated carbocycles. The number of alkyl halides is 1. The molecule has 0 N–H and O–H groups in total. The fraction of sp³-hybridized carbons (Fsp3) is 0.538. The summed E-state index contributed by atoms with van der Waals surface area (Å²) in [5.41, 5.74) is 3.58. The van der Waals surface area contributed by atoms with Crippen LogP contribution in [0, 0.1) is 13.8 Å². The van der Waals surface area contributed by atoms with Gasteiger partial charge in [0, 0.05) is 25.2 Å². The third kappa shape index (κ3) is 3.05. The van der Waals surface area contributed by atoms with Gasteiger partial charge in [0.2, 0.25) is 0 Å². The third-order valence-electron chi connectivity index (χ3n) is 2.72. The first kappa shape index (κ1) is 13.2. The van der Waals surface area contributed by atoms with Crippen LogP contribution in [-0.2, 0) is 0 Å². The summed E-state index contributed by atoms with van der Waals surface area (Å²) in [6.45, 7) is 5.13. The summed E-state index contributed by atoms with van der Waals surface area (Å²) in [5.74, 6) is 1.69. The first-order valence-corrected chi connectivity index (χ1v) is 6.06. The number of nitrogens with zero attached hydrogens (tertiary/aromatic N) is 1. The Morgan fingerprint density at radius 1 is 1.25 bits per heavy atom. The Balaban J connectivity index is 2.90. The molecule has 0 radical (unpaired) electrons. The molecular weight excluding hydrogens is 222 g/mol. The highest BCUT2D eigenvalue weighted by atomic mass is 35.5. The van der Waals surface area contributed by atoms with Crippen molar-refractivity contribution in [3.05, 3.63) is 23.3 Å². The van der Waals surface area contributed by atoms with E-state index in [-0.39, 0.29) is 0 Å². The van der Waals surface area contributed by atoms with Crippen molar-refractivity contribution in [1.82, 2.24) is 0 Å². The van der Waals surface area contributed by atoms with E-state index in [2.05, 4.69) is 37.9 Å². The van der Waals surface area contributed by atoms with Gasteiger partial charge in [-0.1, -0.05) is 0 Å². The SMILES string of the molecule is COc1c(C)cc(N(C)CCCCl)cc1C. The molecule has 0 aliphatic carbocycles. The van der Waals surface area contributed by atoms with E-state index in [0.717, 1.165) is 18.7 Å². The molecule has 1 rings (SSSR count). The maximum atomic E-state index is 5.70. The van der Waals surface area contributed by atoms with Gasteiger partial charge < -0.3 is 9.64 Å². The van der Waals surface area contributed by atoms with E-state index in [1.165, 1.54) is 16.8 Å². The molecule has 0 saturated heterocycles. The molecular formula is C13H20ClNO. The van der Waals surface area contributed by atoms with Crippen LogP contribution in [-0.4, -0.2) is 26.6 Å². The average Bonchev–Trinajstić information content (AvgIpc) is 2.25. The lowest BCUT2D eigenvalue weighted by atomic mass is 10.1. The summed E-state index contributed by atoms with van der Waals surface area (Å²) < 4.78 is 5.35. The predicted octanol–water partition coefficient (Wildman–Crippen LogP) is 3.38. The lowest BCUT2D eigenvalue weighted by molar-refractivity contribution is 0.408. The number of methoxy groups -OCH3 is 1. The Morgan fingerprint density at radius 3 is 2.25 bits per heavy atom. The number of hydrogen-bond acceptors (Lipinski definition) is 2. The number of rotatable bonds is 5. The highest BCUT2D eigenvalue weighted by molar-refractivity contribution is 6.17. The van der Waals surface area contributed by atoms with E-state index in [1.54, 1.807) is 7.11 Å². The summed E-state index contributed by atoms with van der Waals surface area (Å²) in [4.78, 5) is 2.22. The van der Waals surface area contributed by atoms with E-state index in [0.29, 0.717) is 5.88 Å². The Labute approximate surface area is 103 Å². The van der Waals surface area contributed by atoms with Crippen molar-refractivity contribution in [3.63, 3.8) is 0 Å². The van der Waals surface area contributed by atoms with Gasteiger partial charge >= 0.3 is 0 Å². The Hall–Kier alpha value is -0.890. The third-order valence-corrected chi connectivity index (χ3v) is 2.98. The van der Waals surface area contributed by atoms with Crippen molar-refractivity contribution in [3.8, 4) is 5.75 Å². The Bertz CT molecular complexity index is 329. The quantitative estimate of drug-likeness (QED) is 0.733. The van der Waals surface area contributed by atoms with Crippen LogP contribution in [0.15, 0.2) is 12.1 Å². The van der Waals surface area contributed by atoms with E-state index in [4.69, 9.17) is 16.3 Å². The maximum Gasteiger partial charge on any atom is 0.124 e. The van der Waals surface area contributed by atoms with Crippen LogP contribution in [0.1, 0.15) is 17.5 Å². The highest BCUT2D eigenvalue weighted by Gasteiger charge is 2.07. The molecule has 16 heavy (non-hydrogen) atoms. The van der Waals surface area contributed by atoms with Gasteiger partial charge in [-0.25, -0.2) is 0 Å². The minimum atomic E-state index is 0.707. The predicted molar refractivity (Wildman–Crippen MR) is 71.1 cm³/mol. The number of aryl methyl sites for hydroxylation is 2. The van der Waals surface area contributed by atoms with Crippen LogP contribution < -0.4 is 9.64 Å². The zero-order valence-corrected chi connectivity index (χ0v) is 11.3. The molecule has 3 heteroatoms. The van der Waals surface area contributed by atoms with Gasteiger partial charge in [0.15, 0.2) is 0 Å². The topological polar surface area (TPSA) is 12.5 Å². The van der Waals surface area contributed by atoms with E-state index >= 15 is 0 Å². The molecule has 0 aromatic heterocycles. The second-order valence-electron chi connectivity index (χ2n) is 4.08. The molecule has 0 spiro atoms. The summed E-state index contributed by atoms with van der Waals surface area (Å²) >= 11 is 5.70. The summed E-state index contributed by atoms with van der Waals surface area (Å²) in [6.07, 6.45) is 1.00. The number of hydrogen-bond donors (Lipinski definition) is 0. The van der Waals surface area contributed by atoms with Gasteiger partial charge in [0.1, 0.15) is 5.75 Å². The standard InChI is InChI=1S/C13H20ClNO/c1-10-8-12(15(3)7-5-6-14)9-11(2)13(10)16-4/h8-9H,5-7H2,1-4H3. The molecule has 0 aliphatic rings. The summed E-state index contributed by atoms with van der Waals surface area (Å²) in [6, 6.07) is 4.31. The average molecular weight is 242 g/mol. The molecule has 0 heterocycles. The highest BCUT2D eigenvalue weighted by Crippen LogP contribution is 2.28. The maximum absolute atomic E-state index is 5.70. The molecule has 0 unspecified atom stereocenters. The van der Waals surface area contributed by atoms with Crippen molar-refractivity contribution >= 4 is 17.3 Å². The molecule has 1 aromatic rings. The van der Waals surface area contributed by atoms with E-state index in [9.17, 15) is 0 Å². The lowest BCUT2D eigenvalue weighted by Gasteiger charge is -2.21. The number of anilines is 1. The molecule has 90 valence electrons. The van der Waals surface area contributed by atoms with Crippen LogP contribution in [0.2, 0.25) is 0 Å². The second-order valence-corrected chi connectivity index (χ2v) is 4.45. The van der Waals surface area contributed by atoms with E-state index < -0.39 is 0 Å². The summed E-state index contributed by atoms with van der Waals surface area (Å²) in [5, 5.41) is 0. The number of ether oxygens (including phenoxy) is 1. The second kappa shape index (κ2) is 6.00. The van der Waals surface area contributed by atoms with Crippen molar-refractivity contribution in [2.45, 2.75) is 20.3 Å². The van der Waals surface area contributed by atoms with Crippen LogP contribution in [0.5, 0.6) is 5.75 Å². The van der Waals surface area contributed by atoms with Crippen LogP contribution >= 0.6 is 11.6 Å². The van der Waals surface area contributed by atoms with Crippen molar-refractivity contribution in [2.75, 3.05) is 31.5 Å². The van der Waals surface area contributed by atoms with Gasteiger partial charge in [-0.3, -0.25) is 0 Å². The number of benzene rings is 1. The van der Waals surface area contributed by atoms with Crippen molar-refractivity contribution in [2.24, 2.45) is 0 Å². The fourth-order valence-corrected chi connectivity index (χ4v) is 2.02. The lowest BCUT2D eigenvalue weighted by Crippen LogP contribution is -2.19. The minimum Gasteiger partial charge on any atom is -0.496 e. The first-order valence-electron chi connectivity index (χ1n) is 5.52. The molecule has 0 atom stereocenters. The van der Waals surface area contributed by atoms with Crippen LogP contribution in [0.4, 0.5) is 5.69 Å². The zero-order chi connectivity index (χ0) is 12.1. The normalized spacial score (nSPS) is 10.3. The van der Waals surface area contributed by atoms with Gasteiger partial charge in [-0.2, -0.15) is 0 Å². The smallest absolute Gasteiger partial charge is 0.124 e. The first-order chi connectivity index (χ1) is 7.60. The van der Waals surface area contributed by atoms with Gasteiger partial charge in [0.25, 0.3) is 0 Å². The Kier molecular flexibility index (Phi) is 4.94. The zero-order valence-electron chi connectivity index (χ0n) is 10.5. The molecule has 1 aromatic carbocycles. The van der Waals surface area contributed by atoms with Crippen LogP contribution in [0.25, 0.3) is 0 Å². The summed E-state index contributed by atoms with van der Waals surface area (Å²) in [7, 11) is 3.81. The monoisotopic (exact) mass is 241 g/mol. The van der Waals surface area contributed by atoms with E-state index in [1.807, 2.05) is 0 Å². The molecule has 2 nitrogen and oxygen atoms in total. The fourth-order valence-electron chi connectivity index (χ4n) is 1.90. The largest absolute Gasteiger partial charge is 0.496 e. The molecule has 0 bridgehead atoms. The molecule has 0 amide bonds.